The van der Waals surface area contributed by atoms with Gasteiger partial charge in [0.15, 0.2) is 0 Å². The number of benzene rings is 2. The minimum absolute atomic E-state index is 0.147. The van der Waals surface area contributed by atoms with E-state index in [0.717, 1.165) is 13.1 Å². The molecule has 94 valence electrons. The topological polar surface area (TPSA) is 27.0 Å². The molecule has 1 saturated heterocycles. The summed E-state index contributed by atoms with van der Waals surface area (Å²) in [6.07, 6.45) is 0. The van der Waals surface area contributed by atoms with Gasteiger partial charge in [-0.3, -0.25) is 0 Å². The molecule has 0 aromatic heterocycles. The summed E-state index contributed by atoms with van der Waals surface area (Å²) in [7, 11) is 0. The molecule has 0 radical (unpaired) electrons. The molecule has 1 fully saturated rings. The van der Waals surface area contributed by atoms with Crippen LogP contribution in [0.3, 0.4) is 0 Å². The molecule has 1 aliphatic rings. The molecule has 0 saturated carbocycles. The molecule has 0 N–H and O–H groups in total. The molecule has 0 atom stereocenters. The number of hydrogen-bond acceptors (Lipinski definition) is 2. The Kier molecular flexibility index (Phi) is 2.92. The molecule has 2 nitrogen and oxygen atoms in total. The maximum absolute atomic E-state index is 13.5. The number of nitrogens with zero attached hydrogens (tertiary/aromatic N) is 2. The average Bonchev–Trinajstić information content (AvgIpc) is 2.38. The van der Waals surface area contributed by atoms with Gasteiger partial charge < -0.3 is 4.90 Å². The van der Waals surface area contributed by atoms with Gasteiger partial charge in [0.05, 0.1) is 5.69 Å². The average molecular weight is 252 g/mol. The van der Waals surface area contributed by atoms with Crippen LogP contribution < -0.4 is 4.90 Å². The SMILES string of the molecule is N#Cc1c(F)cccc1N1CC(c2ccccc2)C1. The van der Waals surface area contributed by atoms with E-state index < -0.39 is 5.82 Å². The van der Waals surface area contributed by atoms with Gasteiger partial charge in [0.2, 0.25) is 0 Å². The number of anilines is 1. The Morgan fingerprint density at radius 3 is 2.47 bits per heavy atom. The second-order valence-electron chi connectivity index (χ2n) is 4.76. The molecule has 0 amide bonds. The minimum atomic E-state index is -0.442. The van der Waals surface area contributed by atoms with E-state index in [2.05, 4.69) is 17.0 Å². The van der Waals surface area contributed by atoms with E-state index in [1.165, 1.54) is 11.6 Å². The fourth-order valence-corrected chi connectivity index (χ4v) is 2.50. The van der Waals surface area contributed by atoms with Crippen LogP contribution in [0.15, 0.2) is 48.5 Å². The summed E-state index contributed by atoms with van der Waals surface area (Å²) in [6.45, 7) is 1.67. The zero-order chi connectivity index (χ0) is 13.2. The second kappa shape index (κ2) is 4.74. The van der Waals surface area contributed by atoms with Crippen LogP contribution in [0, 0.1) is 17.1 Å². The van der Waals surface area contributed by atoms with Crippen LogP contribution in [-0.2, 0) is 0 Å². The Balaban J connectivity index is 1.79. The van der Waals surface area contributed by atoms with E-state index in [1.54, 1.807) is 6.07 Å². The molecule has 0 bridgehead atoms. The van der Waals surface area contributed by atoms with Crippen LogP contribution in [0.5, 0.6) is 0 Å². The van der Waals surface area contributed by atoms with Gasteiger partial charge in [-0.05, 0) is 17.7 Å². The molecule has 0 aliphatic carbocycles. The zero-order valence-corrected chi connectivity index (χ0v) is 10.4. The van der Waals surface area contributed by atoms with Crippen LogP contribution in [0.2, 0.25) is 0 Å². The molecule has 1 aliphatic heterocycles. The number of halogens is 1. The Morgan fingerprint density at radius 2 is 1.79 bits per heavy atom. The lowest BCUT2D eigenvalue weighted by molar-refractivity contribution is 0.522. The van der Waals surface area contributed by atoms with Crippen LogP contribution in [-0.4, -0.2) is 13.1 Å². The van der Waals surface area contributed by atoms with Crippen LogP contribution >= 0.6 is 0 Å². The highest BCUT2D eigenvalue weighted by atomic mass is 19.1. The Labute approximate surface area is 111 Å². The van der Waals surface area contributed by atoms with Crippen molar-refractivity contribution in [1.82, 2.24) is 0 Å². The molecule has 0 spiro atoms. The third kappa shape index (κ3) is 2.06. The fraction of sp³-hybridized carbons (Fsp3) is 0.188. The number of nitriles is 1. The third-order valence-corrected chi connectivity index (χ3v) is 3.60. The zero-order valence-electron chi connectivity index (χ0n) is 10.4. The van der Waals surface area contributed by atoms with Crippen molar-refractivity contribution in [3.8, 4) is 6.07 Å². The van der Waals surface area contributed by atoms with E-state index in [1.807, 2.05) is 30.3 Å². The lowest BCUT2D eigenvalue weighted by atomic mass is 9.90. The lowest BCUT2D eigenvalue weighted by Gasteiger charge is -2.41. The molecule has 2 aromatic carbocycles. The van der Waals surface area contributed by atoms with Crippen molar-refractivity contribution in [2.75, 3.05) is 18.0 Å². The van der Waals surface area contributed by atoms with E-state index >= 15 is 0 Å². The van der Waals surface area contributed by atoms with Gasteiger partial charge in [-0.25, -0.2) is 4.39 Å². The second-order valence-corrected chi connectivity index (χ2v) is 4.76. The summed E-state index contributed by atoms with van der Waals surface area (Å²) >= 11 is 0. The summed E-state index contributed by atoms with van der Waals surface area (Å²) < 4.78 is 13.5. The highest BCUT2D eigenvalue weighted by molar-refractivity contribution is 5.62. The monoisotopic (exact) mass is 252 g/mol. The molecule has 1 heterocycles. The normalized spacial score (nSPS) is 14.8. The van der Waals surface area contributed by atoms with Gasteiger partial charge in [0.1, 0.15) is 17.4 Å². The van der Waals surface area contributed by atoms with E-state index in [4.69, 9.17) is 5.26 Å². The Bertz CT molecular complexity index is 625. The van der Waals surface area contributed by atoms with Crippen LogP contribution in [0.4, 0.5) is 10.1 Å². The van der Waals surface area contributed by atoms with Gasteiger partial charge in [0.25, 0.3) is 0 Å². The first-order valence-electron chi connectivity index (χ1n) is 6.28. The number of rotatable bonds is 2. The standard InChI is InChI=1S/C16H13FN2/c17-15-7-4-8-16(14(15)9-18)19-10-13(11-19)12-5-2-1-3-6-12/h1-8,13H,10-11H2. The molecule has 3 rings (SSSR count). The first-order valence-corrected chi connectivity index (χ1v) is 6.28. The molecule has 0 unspecified atom stereocenters. The van der Waals surface area contributed by atoms with Gasteiger partial charge in [-0.1, -0.05) is 36.4 Å². The molecule has 19 heavy (non-hydrogen) atoms. The van der Waals surface area contributed by atoms with E-state index in [9.17, 15) is 4.39 Å². The van der Waals surface area contributed by atoms with E-state index in [-0.39, 0.29) is 5.56 Å². The molecular weight excluding hydrogens is 239 g/mol. The quantitative estimate of drug-likeness (QED) is 0.820. The van der Waals surface area contributed by atoms with Gasteiger partial charge >= 0.3 is 0 Å². The van der Waals surface area contributed by atoms with Crippen LogP contribution in [0.1, 0.15) is 17.0 Å². The lowest BCUT2D eigenvalue weighted by Crippen LogP contribution is -2.45. The largest absolute Gasteiger partial charge is 0.369 e. The molecule has 3 heteroatoms. The van der Waals surface area contributed by atoms with Gasteiger partial charge in [-0.2, -0.15) is 5.26 Å². The predicted molar refractivity (Wildman–Crippen MR) is 72.5 cm³/mol. The Morgan fingerprint density at radius 1 is 1.05 bits per heavy atom. The molecule has 2 aromatic rings. The third-order valence-electron chi connectivity index (χ3n) is 3.60. The minimum Gasteiger partial charge on any atom is -0.369 e. The van der Waals surface area contributed by atoms with Crippen molar-refractivity contribution in [1.29, 1.82) is 5.26 Å². The van der Waals surface area contributed by atoms with E-state index in [0.29, 0.717) is 11.6 Å². The smallest absolute Gasteiger partial charge is 0.143 e. The highest BCUT2D eigenvalue weighted by Crippen LogP contribution is 2.33. The van der Waals surface area contributed by atoms with Crippen molar-refractivity contribution >= 4 is 5.69 Å². The summed E-state index contributed by atoms with van der Waals surface area (Å²) in [5, 5.41) is 9.03. The first kappa shape index (κ1) is 11.7. The van der Waals surface area contributed by atoms with Crippen LogP contribution in [0.25, 0.3) is 0 Å². The summed E-state index contributed by atoms with van der Waals surface area (Å²) in [4.78, 5) is 2.05. The molecular formula is C16H13FN2. The fourth-order valence-electron chi connectivity index (χ4n) is 2.50. The number of hydrogen-bond donors (Lipinski definition) is 0. The van der Waals surface area contributed by atoms with Gasteiger partial charge in [0, 0.05) is 19.0 Å². The van der Waals surface area contributed by atoms with Crippen molar-refractivity contribution in [2.45, 2.75) is 5.92 Å². The van der Waals surface area contributed by atoms with Crippen molar-refractivity contribution < 1.29 is 4.39 Å². The summed E-state index contributed by atoms with van der Waals surface area (Å²) in [6, 6.07) is 17.0. The van der Waals surface area contributed by atoms with Crippen molar-refractivity contribution in [2.24, 2.45) is 0 Å². The Hall–Kier alpha value is -2.34. The maximum Gasteiger partial charge on any atom is 0.143 e. The summed E-state index contributed by atoms with van der Waals surface area (Å²) in [5.74, 6) is 0.0270. The van der Waals surface area contributed by atoms with Crippen molar-refractivity contribution in [3.63, 3.8) is 0 Å². The first-order chi connectivity index (χ1) is 9.29. The maximum atomic E-state index is 13.5. The summed E-state index contributed by atoms with van der Waals surface area (Å²) in [5.41, 5.74) is 2.15. The van der Waals surface area contributed by atoms with Gasteiger partial charge in [-0.15, -0.1) is 0 Å². The predicted octanol–water partition coefficient (Wildman–Crippen LogP) is 3.30. The highest BCUT2D eigenvalue weighted by Gasteiger charge is 2.30. The van der Waals surface area contributed by atoms with Crippen molar-refractivity contribution in [3.05, 3.63) is 65.5 Å².